The minimum atomic E-state index is 0.0142. The Bertz CT molecular complexity index is 549. The molecule has 0 spiro atoms. The topological polar surface area (TPSA) is 64.7 Å². The van der Waals surface area contributed by atoms with Crippen LogP contribution in [0.25, 0.3) is 0 Å². The van der Waals surface area contributed by atoms with Crippen molar-refractivity contribution in [3.8, 4) is 0 Å². The molecular formula is C18H28N4O2. The molecule has 6 heteroatoms. The van der Waals surface area contributed by atoms with E-state index in [-0.39, 0.29) is 11.9 Å². The van der Waals surface area contributed by atoms with Crippen molar-refractivity contribution in [2.75, 3.05) is 42.9 Å². The fraction of sp³-hybridized carbons (Fsp3) is 0.556. The first kappa shape index (κ1) is 18.1. The number of amides is 3. The Hall–Kier alpha value is -2.24. The molecule has 1 heterocycles. The number of hydrogen-bond donors (Lipinski definition) is 2. The van der Waals surface area contributed by atoms with Crippen molar-refractivity contribution < 1.29 is 9.59 Å². The Balaban J connectivity index is 1.86. The van der Waals surface area contributed by atoms with E-state index in [1.54, 1.807) is 0 Å². The summed E-state index contributed by atoms with van der Waals surface area (Å²) in [5.74, 6) is 0.402. The van der Waals surface area contributed by atoms with Gasteiger partial charge in [-0.05, 0) is 37.1 Å². The summed E-state index contributed by atoms with van der Waals surface area (Å²) in [5, 5.41) is 5.76. The molecule has 0 aromatic heterocycles. The number of urea groups is 1. The van der Waals surface area contributed by atoms with Crippen molar-refractivity contribution in [1.82, 2.24) is 10.2 Å². The van der Waals surface area contributed by atoms with Gasteiger partial charge in [0.1, 0.15) is 0 Å². The van der Waals surface area contributed by atoms with Crippen LogP contribution in [0.2, 0.25) is 0 Å². The van der Waals surface area contributed by atoms with Crippen LogP contribution < -0.4 is 15.5 Å². The highest BCUT2D eigenvalue weighted by Gasteiger charge is 2.20. The van der Waals surface area contributed by atoms with Crippen LogP contribution in [0, 0.1) is 5.92 Å². The van der Waals surface area contributed by atoms with Gasteiger partial charge in [-0.2, -0.15) is 0 Å². The minimum Gasteiger partial charge on any atom is -0.368 e. The summed E-state index contributed by atoms with van der Waals surface area (Å²) in [5.41, 5.74) is 1.94. The van der Waals surface area contributed by atoms with Crippen LogP contribution in [0.5, 0.6) is 0 Å². The number of hydrogen-bond acceptors (Lipinski definition) is 3. The molecule has 1 aromatic carbocycles. The summed E-state index contributed by atoms with van der Waals surface area (Å²) in [7, 11) is 0. The van der Waals surface area contributed by atoms with Crippen molar-refractivity contribution in [1.29, 1.82) is 0 Å². The number of anilines is 2. The lowest BCUT2D eigenvalue weighted by atomic mass is 10.1. The third-order valence-electron chi connectivity index (χ3n) is 4.00. The van der Waals surface area contributed by atoms with Crippen LogP contribution in [-0.2, 0) is 4.79 Å². The minimum absolute atomic E-state index is 0.0142. The molecule has 1 fully saturated rings. The van der Waals surface area contributed by atoms with Gasteiger partial charge in [-0.3, -0.25) is 4.79 Å². The van der Waals surface area contributed by atoms with Crippen LogP contribution in [0.15, 0.2) is 24.3 Å². The summed E-state index contributed by atoms with van der Waals surface area (Å²) in [6.45, 7) is 9.72. The molecule has 6 nitrogen and oxygen atoms in total. The van der Waals surface area contributed by atoms with Crippen molar-refractivity contribution in [2.24, 2.45) is 5.92 Å². The van der Waals surface area contributed by atoms with Crippen LogP contribution in [0.3, 0.4) is 0 Å². The zero-order chi connectivity index (χ0) is 17.5. The van der Waals surface area contributed by atoms with Gasteiger partial charge in [-0.1, -0.05) is 13.8 Å². The van der Waals surface area contributed by atoms with Gasteiger partial charge in [-0.25, -0.2) is 4.79 Å². The lowest BCUT2D eigenvalue weighted by Crippen LogP contribution is -2.51. The first-order valence-electron chi connectivity index (χ1n) is 8.67. The van der Waals surface area contributed by atoms with Gasteiger partial charge < -0.3 is 20.4 Å². The van der Waals surface area contributed by atoms with Gasteiger partial charge in [0.25, 0.3) is 0 Å². The van der Waals surface area contributed by atoms with Gasteiger partial charge in [0.2, 0.25) is 5.91 Å². The van der Waals surface area contributed by atoms with Gasteiger partial charge in [0.15, 0.2) is 0 Å². The second kappa shape index (κ2) is 8.57. The van der Waals surface area contributed by atoms with Gasteiger partial charge >= 0.3 is 6.03 Å². The average Bonchev–Trinajstić information content (AvgIpc) is 2.55. The normalized spacial score (nSPS) is 14.7. The van der Waals surface area contributed by atoms with Crippen molar-refractivity contribution in [2.45, 2.75) is 27.2 Å². The molecule has 0 unspecified atom stereocenters. The third-order valence-corrected chi connectivity index (χ3v) is 4.00. The smallest absolute Gasteiger partial charge is 0.317 e. The molecule has 0 atom stereocenters. The predicted octanol–water partition coefficient (Wildman–Crippen LogP) is 2.52. The molecule has 24 heavy (non-hydrogen) atoms. The largest absolute Gasteiger partial charge is 0.368 e. The summed E-state index contributed by atoms with van der Waals surface area (Å²) < 4.78 is 0. The van der Waals surface area contributed by atoms with Gasteiger partial charge in [0, 0.05) is 50.5 Å². The molecular weight excluding hydrogens is 304 g/mol. The Morgan fingerprint density at radius 1 is 1.08 bits per heavy atom. The van der Waals surface area contributed by atoms with E-state index in [2.05, 4.69) is 15.5 Å². The van der Waals surface area contributed by atoms with E-state index in [1.807, 2.05) is 49.9 Å². The Morgan fingerprint density at radius 3 is 2.25 bits per heavy atom. The highest BCUT2D eigenvalue weighted by atomic mass is 16.2. The fourth-order valence-corrected chi connectivity index (χ4v) is 2.77. The monoisotopic (exact) mass is 332 g/mol. The number of carbonyl (C=O) groups is 2. The summed E-state index contributed by atoms with van der Waals surface area (Å²) in [6.07, 6.45) is 0.531. The highest BCUT2D eigenvalue weighted by molar-refractivity contribution is 5.91. The van der Waals surface area contributed by atoms with E-state index in [9.17, 15) is 9.59 Å². The fourth-order valence-electron chi connectivity index (χ4n) is 2.77. The van der Waals surface area contributed by atoms with Gasteiger partial charge in [0.05, 0.1) is 0 Å². The maximum atomic E-state index is 11.8. The number of carbonyl (C=O) groups excluding carboxylic acids is 2. The molecule has 1 aromatic rings. The quantitative estimate of drug-likeness (QED) is 0.871. The molecule has 2 N–H and O–H groups in total. The molecule has 1 saturated heterocycles. The zero-order valence-electron chi connectivity index (χ0n) is 14.8. The number of rotatable bonds is 5. The molecule has 0 radical (unpaired) electrons. The van der Waals surface area contributed by atoms with Gasteiger partial charge in [-0.15, -0.1) is 0 Å². The number of nitrogens with zero attached hydrogens (tertiary/aromatic N) is 2. The summed E-state index contributed by atoms with van der Waals surface area (Å²) in [6, 6.07) is 7.92. The second-order valence-corrected chi connectivity index (χ2v) is 6.50. The lowest BCUT2D eigenvalue weighted by molar-refractivity contribution is -0.116. The number of piperazine rings is 1. The Labute approximate surface area is 144 Å². The van der Waals surface area contributed by atoms with E-state index in [0.29, 0.717) is 18.9 Å². The predicted molar refractivity (Wildman–Crippen MR) is 97.4 cm³/mol. The SMILES string of the molecule is CCNC(=O)N1CCN(c2ccc(NC(=O)CC(C)C)cc2)CC1. The molecule has 1 aliphatic heterocycles. The summed E-state index contributed by atoms with van der Waals surface area (Å²) in [4.78, 5) is 27.7. The molecule has 132 valence electrons. The van der Waals surface area contributed by atoms with E-state index in [0.717, 1.165) is 37.6 Å². The van der Waals surface area contributed by atoms with E-state index >= 15 is 0 Å². The van der Waals surface area contributed by atoms with E-state index < -0.39 is 0 Å². The van der Waals surface area contributed by atoms with Crippen molar-refractivity contribution in [3.63, 3.8) is 0 Å². The van der Waals surface area contributed by atoms with Crippen molar-refractivity contribution >= 4 is 23.3 Å². The second-order valence-electron chi connectivity index (χ2n) is 6.50. The molecule has 2 rings (SSSR count). The van der Waals surface area contributed by atoms with E-state index in [4.69, 9.17) is 0 Å². The molecule has 0 bridgehead atoms. The molecule has 3 amide bonds. The molecule has 0 saturated carbocycles. The average molecular weight is 332 g/mol. The number of nitrogens with one attached hydrogen (secondary N) is 2. The first-order valence-corrected chi connectivity index (χ1v) is 8.67. The van der Waals surface area contributed by atoms with E-state index in [1.165, 1.54) is 0 Å². The lowest BCUT2D eigenvalue weighted by Gasteiger charge is -2.36. The Morgan fingerprint density at radius 2 is 1.71 bits per heavy atom. The highest BCUT2D eigenvalue weighted by Crippen LogP contribution is 2.20. The zero-order valence-corrected chi connectivity index (χ0v) is 14.8. The number of benzene rings is 1. The maximum absolute atomic E-state index is 11.8. The van der Waals surface area contributed by atoms with Crippen LogP contribution >= 0.6 is 0 Å². The summed E-state index contributed by atoms with van der Waals surface area (Å²) >= 11 is 0. The first-order chi connectivity index (χ1) is 11.5. The maximum Gasteiger partial charge on any atom is 0.317 e. The van der Waals surface area contributed by atoms with Crippen LogP contribution in [0.4, 0.5) is 16.2 Å². The van der Waals surface area contributed by atoms with Crippen LogP contribution in [0.1, 0.15) is 27.2 Å². The molecule has 1 aliphatic rings. The third kappa shape index (κ3) is 5.15. The Kier molecular flexibility index (Phi) is 6.46. The standard InChI is InChI=1S/C18H28N4O2/c1-4-19-18(24)22-11-9-21(10-12-22)16-7-5-15(6-8-16)20-17(23)13-14(2)3/h5-8,14H,4,9-13H2,1-3H3,(H,19,24)(H,20,23). The molecule has 0 aliphatic carbocycles. The van der Waals surface area contributed by atoms with Crippen LogP contribution in [-0.4, -0.2) is 49.6 Å². The van der Waals surface area contributed by atoms with Crippen molar-refractivity contribution in [3.05, 3.63) is 24.3 Å².